The van der Waals surface area contributed by atoms with E-state index in [1.807, 2.05) is 36.4 Å². The Hall–Kier alpha value is -4.40. The van der Waals surface area contributed by atoms with Crippen LogP contribution in [-0.2, 0) is 20.7 Å². The highest BCUT2D eigenvalue weighted by atomic mass is 16.6. The third-order valence-corrected chi connectivity index (χ3v) is 7.10. The van der Waals surface area contributed by atoms with Crippen LogP contribution in [0.25, 0.3) is 22.3 Å². The zero-order chi connectivity index (χ0) is 31.9. The predicted octanol–water partition coefficient (Wildman–Crippen LogP) is 6.55. The Bertz CT molecular complexity index is 1410. The summed E-state index contributed by atoms with van der Waals surface area (Å²) >= 11 is 0. The SMILES string of the molecule is C=C(CO)C(=O)OCCOc1ccc(-c2cc(CCCCCCCC)c(-c3ccc(O)cc3)cc2OC(=O)C(=C)CO)cc1. The van der Waals surface area contributed by atoms with Gasteiger partial charge in [-0.25, -0.2) is 9.59 Å². The van der Waals surface area contributed by atoms with E-state index in [4.69, 9.17) is 19.3 Å². The summed E-state index contributed by atoms with van der Waals surface area (Å²) in [5.41, 5.74) is 4.22. The fourth-order valence-corrected chi connectivity index (χ4v) is 4.57. The molecule has 0 bridgehead atoms. The zero-order valence-electron chi connectivity index (χ0n) is 25.3. The third kappa shape index (κ3) is 10.1. The molecular formula is C36H42O8. The van der Waals surface area contributed by atoms with Crippen LogP contribution >= 0.6 is 0 Å². The van der Waals surface area contributed by atoms with Crippen molar-refractivity contribution in [3.63, 3.8) is 0 Å². The first-order valence-corrected chi connectivity index (χ1v) is 14.9. The van der Waals surface area contributed by atoms with Gasteiger partial charge in [-0.15, -0.1) is 0 Å². The van der Waals surface area contributed by atoms with E-state index in [0.29, 0.717) is 17.1 Å². The van der Waals surface area contributed by atoms with E-state index in [-0.39, 0.29) is 30.1 Å². The van der Waals surface area contributed by atoms with Gasteiger partial charge in [-0.1, -0.05) is 76.5 Å². The van der Waals surface area contributed by atoms with E-state index in [1.165, 1.54) is 25.7 Å². The number of benzene rings is 3. The largest absolute Gasteiger partial charge is 0.508 e. The molecule has 8 nitrogen and oxygen atoms in total. The monoisotopic (exact) mass is 602 g/mol. The maximum absolute atomic E-state index is 12.7. The van der Waals surface area contributed by atoms with Crippen LogP contribution in [0.5, 0.6) is 17.2 Å². The van der Waals surface area contributed by atoms with E-state index >= 15 is 0 Å². The Morgan fingerprint density at radius 2 is 1.32 bits per heavy atom. The number of hydrogen-bond donors (Lipinski definition) is 3. The number of aryl methyl sites for hydroxylation is 1. The second-order valence-electron chi connectivity index (χ2n) is 10.5. The molecular weight excluding hydrogens is 560 g/mol. The molecule has 3 aromatic rings. The Balaban J connectivity index is 1.92. The van der Waals surface area contributed by atoms with Crippen molar-refractivity contribution in [2.24, 2.45) is 0 Å². The van der Waals surface area contributed by atoms with Gasteiger partial charge in [-0.05, 0) is 71.5 Å². The van der Waals surface area contributed by atoms with Crippen LogP contribution in [0.1, 0.15) is 51.0 Å². The van der Waals surface area contributed by atoms with Gasteiger partial charge in [0.05, 0.1) is 24.4 Å². The minimum Gasteiger partial charge on any atom is -0.508 e. The molecule has 234 valence electrons. The summed E-state index contributed by atoms with van der Waals surface area (Å²) in [6.45, 7) is 8.34. The van der Waals surface area contributed by atoms with Crippen LogP contribution in [-0.4, -0.2) is 53.7 Å². The van der Waals surface area contributed by atoms with E-state index < -0.39 is 25.2 Å². The third-order valence-electron chi connectivity index (χ3n) is 7.10. The Labute approximate surface area is 259 Å². The van der Waals surface area contributed by atoms with Gasteiger partial charge in [-0.2, -0.15) is 0 Å². The zero-order valence-corrected chi connectivity index (χ0v) is 25.3. The van der Waals surface area contributed by atoms with Crippen molar-refractivity contribution in [1.82, 2.24) is 0 Å². The molecule has 0 aromatic heterocycles. The molecule has 0 saturated carbocycles. The van der Waals surface area contributed by atoms with Gasteiger partial charge < -0.3 is 29.5 Å². The number of ether oxygens (including phenoxy) is 3. The number of hydrogen-bond acceptors (Lipinski definition) is 8. The average molecular weight is 603 g/mol. The van der Waals surface area contributed by atoms with Crippen molar-refractivity contribution >= 4 is 11.9 Å². The lowest BCUT2D eigenvalue weighted by molar-refractivity contribution is -0.140. The van der Waals surface area contributed by atoms with Crippen molar-refractivity contribution in [2.75, 3.05) is 26.4 Å². The van der Waals surface area contributed by atoms with Gasteiger partial charge in [0.25, 0.3) is 0 Å². The molecule has 3 N–H and O–H groups in total. The molecule has 0 radical (unpaired) electrons. The Morgan fingerprint density at radius 1 is 0.727 bits per heavy atom. The topological polar surface area (TPSA) is 123 Å². The maximum Gasteiger partial charge on any atom is 0.341 e. The number of aromatic hydroxyl groups is 1. The number of unbranched alkanes of at least 4 members (excludes halogenated alkanes) is 5. The number of esters is 2. The second-order valence-corrected chi connectivity index (χ2v) is 10.5. The molecule has 0 aliphatic heterocycles. The lowest BCUT2D eigenvalue weighted by atomic mass is 9.91. The molecule has 8 heteroatoms. The van der Waals surface area contributed by atoms with Crippen LogP contribution < -0.4 is 9.47 Å². The van der Waals surface area contributed by atoms with E-state index in [2.05, 4.69) is 20.1 Å². The summed E-state index contributed by atoms with van der Waals surface area (Å²) in [4.78, 5) is 24.4. The van der Waals surface area contributed by atoms with Crippen molar-refractivity contribution in [1.29, 1.82) is 0 Å². The standard InChI is InChI=1S/C36H42O8/c1-4-5-6-7-8-9-10-29-21-33(28-13-17-31(18-14-28)42-19-20-43-35(40)25(2)23-37)34(44-36(41)26(3)24-38)22-32(29)27-11-15-30(39)16-12-27/h11-18,21-22,37-39H,2-10,19-20,23-24H2,1H3. The van der Waals surface area contributed by atoms with Crippen LogP contribution in [0.15, 0.2) is 85.0 Å². The average Bonchev–Trinajstić information content (AvgIpc) is 3.04. The molecule has 0 saturated heterocycles. The number of phenolic OH excluding ortho intramolecular Hbond substituents is 1. The van der Waals surface area contributed by atoms with Gasteiger partial charge in [0.1, 0.15) is 30.5 Å². The van der Waals surface area contributed by atoms with Crippen LogP contribution in [0, 0.1) is 0 Å². The minimum absolute atomic E-state index is 0.00498. The predicted molar refractivity (Wildman–Crippen MR) is 171 cm³/mol. The molecule has 0 unspecified atom stereocenters. The first-order valence-electron chi connectivity index (χ1n) is 14.9. The highest BCUT2D eigenvalue weighted by Gasteiger charge is 2.18. The summed E-state index contributed by atoms with van der Waals surface area (Å²) in [6.07, 6.45) is 7.72. The second kappa shape index (κ2) is 17.7. The van der Waals surface area contributed by atoms with Crippen molar-refractivity contribution in [2.45, 2.75) is 51.9 Å². The van der Waals surface area contributed by atoms with E-state index in [9.17, 15) is 19.8 Å². The molecule has 0 aliphatic carbocycles. The molecule has 0 fully saturated rings. The maximum atomic E-state index is 12.7. The highest BCUT2D eigenvalue weighted by molar-refractivity contribution is 5.92. The highest BCUT2D eigenvalue weighted by Crippen LogP contribution is 2.39. The van der Waals surface area contributed by atoms with Gasteiger partial charge in [0, 0.05) is 5.56 Å². The summed E-state index contributed by atoms with van der Waals surface area (Å²) in [6, 6.07) is 18.0. The molecule has 0 heterocycles. The van der Waals surface area contributed by atoms with Gasteiger partial charge >= 0.3 is 11.9 Å². The lowest BCUT2D eigenvalue weighted by Crippen LogP contribution is -2.15. The smallest absolute Gasteiger partial charge is 0.341 e. The van der Waals surface area contributed by atoms with Crippen LogP contribution in [0.2, 0.25) is 0 Å². The van der Waals surface area contributed by atoms with Crippen LogP contribution in [0.3, 0.4) is 0 Å². The summed E-state index contributed by atoms with van der Waals surface area (Å²) < 4.78 is 16.5. The van der Waals surface area contributed by atoms with Crippen molar-refractivity contribution in [3.05, 3.63) is 90.5 Å². The summed E-state index contributed by atoms with van der Waals surface area (Å²) in [5, 5.41) is 28.3. The van der Waals surface area contributed by atoms with Crippen molar-refractivity contribution in [3.8, 4) is 39.5 Å². The first kappa shape index (κ1) is 34.1. The number of carbonyl (C=O) groups is 2. The first-order chi connectivity index (χ1) is 21.3. The van der Waals surface area contributed by atoms with Gasteiger partial charge in [0.15, 0.2) is 0 Å². The Morgan fingerprint density at radius 3 is 1.98 bits per heavy atom. The number of phenols is 1. The van der Waals surface area contributed by atoms with Crippen molar-refractivity contribution < 1.29 is 39.1 Å². The minimum atomic E-state index is -0.729. The quantitative estimate of drug-likeness (QED) is 0.0648. The Kier molecular flexibility index (Phi) is 13.7. The fraction of sp³-hybridized carbons (Fsp3) is 0.333. The normalized spacial score (nSPS) is 10.7. The number of carbonyl (C=O) groups excluding carboxylic acids is 2. The number of aliphatic hydroxyl groups is 2. The fourth-order valence-electron chi connectivity index (χ4n) is 4.57. The molecule has 3 rings (SSSR count). The van der Waals surface area contributed by atoms with Gasteiger partial charge in [0.2, 0.25) is 0 Å². The molecule has 0 aliphatic rings. The molecule has 3 aromatic carbocycles. The molecule has 0 spiro atoms. The van der Waals surface area contributed by atoms with E-state index in [1.54, 1.807) is 24.3 Å². The number of rotatable bonds is 18. The molecule has 0 amide bonds. The van der Waals surface area contributed by atoms with Crippen LogP contribution in [0.4, 0.5) is 0 Å². The molecule has 44 heavy (non-hydrogen) atoms. The number of aliphatic hydroxyl groups excluding tert-OH is 2. The summed E-state index contributed by atoms with van der Waals surface area (Å²) in [5.74, 6) is -0.391. The summed E-state index contributed by atoms with van der Waals surface area (Å²) in [7, 11) is 0. The van der Waals surface area contributed by atoms with Gasteiger partial charge in [-0.3, -0.25) is 0 Å². The molecule has 0 atom stereocenters. The lowest BCUT2D eigenvalue weighted by Gasteiger charge is -2.18. The van der Waals surface area contributed by atoms with E-state index in [0.717, 1.165) is 41.5 Å².